The molecule has 0 bridgehead atoms. The second-order valence-corrected chi connectivity index (χ2v) is 6.76. The Morgan fingerprint density at radius 2 is 1.86 bits per heavy atom. The van der Waals surface area contributed by atoms with Crippen molar-refractivity contribution in [2.45, 2.75) is 58.0 Å². The van der Waals surface area contributed by atoms with Gasteiger partial charge in [0.2, 0.25) is 0 Å². The summed E-state index contributed by atoms with van der Waals surface area (Å²) in [5, 5.41) is 3.85. The minimum atomic E-state index is 0.555. The first kappa shape index (κ1) is 10.8. The lowest BCUT2D eigenvalue weighted by molar-refractivity contribution is 0.300. The van der Waals surface area contributed by atoms with Crippen LogP contribution in [0.3, 0.4) is 0 Å². The van der Waals surface area contributed by atoms with Crippen LogP contribution in [0.1, 0.15) is 46.0 Å². The number of thioether (sulfide) groups is 1. The predicted molar refractivity (Wildman–Crippen MR) is 64.9 cm³/mol. The topological polar surface area (TPSA) is 12.0 Å². The van der Waals surface area contributed by atoms with Gasteiger partial charge in [0.25, 0.3) is 0 Å². The lowest BCUT2D eigenvalue weighted by Gasteiger charge is -2.36. The lowest BCUT2D eigenvalue weighted by Crippen LogP contribution is -2.44. The molecule has 0 aromatic carbocycles. The molecular formula is C12H23NS. The molecule has 0 amide bonds. The van der Waals surface area contributed by atoms with Gasteiger partial charge in [-0.25, -0.2) is 0 Å². The summed E-state index contributed by atoms with van der Waals surface area (Å²) in [4.78, 5) is 0. The molecule has 1 aliphatic carbocycles. The maximum atomic E-state index is 3.85. The van der Waals surface area contributed by atoms with Crippen LogP contribution in [0.15, 0.2) is 0 Å². The molecule has 1 saturated carbocycles. The largest absolute Gasteiger partial charge is 0.310 e. The van der Waals surface area contributed by atoms with Crippen LogP contribution in [0.5, 0.6) is 0 Å². The molecular weight excluding hydrogens is 190 g/mol. The Kier molecular flexibility index (Phi) is 3.43. The molecule has 0 aromatic rings. The average Bonchev–Trinajstić information content (AvgIpc) is 2.54. The highest BCUT2D eigenvalue weighted by Gasteiger charge is 2.30. The van der Waals surface area contributed by atoms with Crippen molar-refractivity contribution >= 4 is 11.8 Å². The van der Waals surface area contributed by atoms with E-state index in [9.17, 15) is 0 Å². The second kappa shape index (κ2) is 4.44. The van der Waals surface area contributed by atoms with Gasteiger partial charge in [0.05, 0.1) is 0 Å². The SMILES string of the molecule is CC1(C)CSCC(NC2CCCC2)C1. The number of nitrogens with one attached hydrogen (secondary N) is 1. The summed E-state index contributed by atoms with van der Waals surface area (Å²) in [6.07, 6.45) is 7.10. The Morgan fingerprint density at radius 1 is 1.14 bits per heavy atom. The van der Waals surface area contributed by atoms with Crippen molar-refractivity contribution in [3.05, 3.63) is 0 Å². The first-order valence-electron chi connectivity index (χ1n) is 5.99. The number of hydrogen-bond acceptors (Lipinski definition) is 2. The fraction of sp³-hybridized carbons (Fsp3) is 1.00. The molecule has 82 valence electrons. The van der Waals surface area contributed by atoms with Gasteiger partial charge in [-0.1, -0.05) is 26.7 Å². The van der Waals surface area contributed by atoms with E-state index in [4.69, 9.17) is 0 Å². The van der Waals surface area contributed by atoms with Gasteiger partial charge in [-0.05, 0) is 30.4 Å². The van der Waals surface area contributed by atoms with Crippen LogP contribution in [-0.4, -0.2) is 23.6 Å². The fourth-order valence-electron chi connectivity index (χ4n) is 2.80. The summed E-state index contributed by atoms with van der Waals surface area (Å²) in [5.41, 5.74) is 0.555. The summed E-state index contributed by atoms with van der Waals surface area (Å²) in [6.45, 7) is 4.81. The molecule has 2 fully saturated rings. The third-order valence-corrected chi connectivity index (χ3v) is 5.06. The van der Waals surface area contributed by atoms with E-state index in [1.54, 1.807) is 0 Å². The number of rotatable bonds is 2. The zero-order valence-corrected chi connectivity index (χ0v) is 10.3. The van der Waals surface area contributed by atoms with Gasteiger partial charge in [0, 0.05) is 17.8 Å². The van der Waals surface area contributed by atoms with Crippen molar-refractivity contribution in [3.63, 3.8) is 0 Å². The van der Waals surface area contributed by atoms with E-state index in [1.165, 1.54) is 43.6 Å². The van der Waals surface area contributed by atoms with Crippen LogP contribution in [0, 0.1) is 5.41 Å². The van der Waals surface area contributed by atoms with Crippen molar-refractivity contribution in [2.24, 2.45) is 5.41 Å². The smallest absolute Gasteiger partial charge is 0.0166 e. The van der Waals surface area contributed by atoms with Gasteiger partial charge >= 0.3 is 0 Å². The molecule has 1 unspecified atom stereocenters. The molecule has 1 N–H and O–H groups in total. The summed E-state index contributed by atoms with van der Waals surface area (Å²) in [6, 6.07) is 1.63. The molecule has 2 rings (SSSR count). The van der Waals surface area contributed by atoms with Crippen LogP contribution in [0.2, 0.25) is 0 Å². The summed E-state index contributed by atoms with van der Waals surface area (Å²) >= 11 is 2.13. The molecule has 0 radical (unpaired) electrons. The van der Waals surface area contributed by atoms with E-state index in [-0.39, 0.29) is 0 Å². The van der Waals surface area contributed by atoms with E-state index in [1.807, 2.05) is 0 Å². The van der Waals surface area contributed by atoms with Gasteiger partial charge < -0.3 is 5.32 Å². The van der Waals surface area contributed by atoms with Gasteiger partial charge in [0.15, 0.2) is 0 Å². The Hall–Kier alpha value is 0.310. The minimum absolute atomic E-state index is 0.555. The van der Waals surface area contributed by atoms with E-state index < -0.39 is 0 Å². The molecule has 2 heteroatoms. The summed E-state index contributed by atoms with van der Waals surface area (Å²) in [7, 11) is 0. The van der Waals surface area contributed by atoms with Gasteiger partial charge in [-0.15, -0.1) is 0 Å². The Labute approximate surface area is 92.4 Å². The minimum Gasteiger partial charge on any atom is -0.310 e. The highest BCUT2D eigenvalue weighted by Crippen LogP contribution is 2.34. The van der Waals surface area contributed by atoms with Crippen molar-refractivity contribution in [1.29, 1.82) is 0 Å². The van der Waals surface area contributed by atoms with Crippen molar-refractivity contribution in [3.8, 4) is 0 Å². The zero-order valence-electron chi connectivity index (χ0n) is 9.51. The third kappa shape index (κ3) is 2.90. The summed E-state index contributed by atoms with van der Waals surface area (Å²) in [5.74, 6) is 2.68. The molecule has 1 aliphatic heterocycles. The molecule has 1 heterocycles. The zero-order chi connectivity index (χ0) is 10.0. The molecule has 0 spiro atoms. The van der Waals surface area contributed by atoms with Gasteiger partial charge in [-0.3, -0.25) is 0 Å². The van der Waals surface area contributed by atoms with Crippen LogP contribution >= 0.6 is 11.8 Å². The molecule has 1 atom stereocenters. The van der Waals surface area contributed by atoms with Gasteiger partial charge in [-0.2, -0.15) is 11.8 Å². The first-order chi connectivity index (χ1) is 6.66. The Bertz CT molecular complexity index is 185. The van der Waals surface area contributed by atoms with Crippen LogP contribution in [0.4, 0.5) is 0 Å². The third-order valence-electron chi connectivity index (χ3n) is 3.44. The lowest BCUT2D eigenvalue weighted by atomic mass is 9.87. The standard InChI is InChI=1S/C12H23NS/c1-12(2)7-11(8-14-9-12)13-10-5-3-4-6-10/h10-11,13H,3-9H2,1-2H3. The van der Waals surface area contributed by atoms with Crippen molar-refractivity contribution in [1.82, 2.24) is 5.32 Å². The summed E-state index contributed by atoms with van der Waals surface area (Å²) < 4.78 is 0. The molecule has 2 aliphatic rings. The van der Waals surface area contributed by atoms with E-state index in [0.29, 0.717) is 5.41 Å². The second-order valence-electron chi connectivity index (χ2n) is 5.73. The maximum absolute atomic E-state index is 3.85. The maximum Gasteiger partial charge on any atom is 0.0166 e. The van der Waals surface area contributed by atoms with Crippen molar-refractivity contribution < 1.29 is 0 Å². The first-order valence-corrected chi connectivity index (χ1v) is 7.15. The normalized spacial score (nSPS) is 33.4. The van der Waals surface area contributed by atoms with Crippen LogP contribution in [0.25, 0.3) is 0 Å². The molecule has 1 saturated heterocycles. The quantitative estimate of drug-likeness (QED) is 0.756. The highest BCUT2D eigenvalue weighted by atomic mass is 32.2. The van der Waals surface area contributed by atoms with Crippen LogP contribution < -0.4 is 5.32 Å². The van der Waals surface area contributed by atoms with Crippen LogP contribution in [-0.2, 0) is 0 Å². The monoisotopic (exact) mass is 213 g/mol. The van der Waals surface area contributed by atoms with Gasteiger partial charge in [0.1, 0.15) is 0 Å². The fourth-order valence-corrected chi connectivity index (χ4v) is 4.08. The molecule has 14 heavy (non-hydrogen) atoms. The van der Waals surface area contributed by atoms with E-state index >= 15 is 0 Å². The average molecular weight is 213 g/mol. The Morgan fingerprint density at radius 3 is 2.50 bits per heavy atom. The predicted octanol–water partition coefficient (Wildman–Crippen LogP) is 3.05. The van der Waals surface area contributed by atoms with E-state index in [2.05, 4.69) is 30.9 Å². The van der Waals surface area contributed by atoms with Crippen molar-refractivity contribution in [2.75, 3.05) is 11.5 Å². The molecule has 1 nitrogen and oxygen atoms in total. The number of hydrogen-bond donors (Lipinski definition) is 1. The molecule has 0 aromatic heterocycles. The highest BCUT2D eigenvalue weighted by molar-refractivity contribution is 7.99. The van der Waals surface area contributed by atoms with E-state index in [0.717, 1.165) is 12.1 Å². The Balaban J connectivity index is 1.79.